The Morgan fingerprint density at radius 3 is 2.00 bits per heavy atom. The predicted molar refractivity (Wildman–Crippen MR) is 47.9 cm³/mol. The van der Waals surface area contributed by atoms with Crippen LogP contribution in [-0.2, 0) is 6.18 Å². The van der Waals surface area contributed by atoms with Gasteiger partial charge in [-0.3, -0.25) is 0 Å². The van der Waals surface area contributed by atoms with E-state index in [2.05, 4.69) is 4.74 Å². The third-order valence-corrected chi connectivity index (χ3v) is 2.10. The van der Waals surface area contributed by atoms with Crippen molar-refractivity contribution in [3.05, 3.63) is 28.3 Å². The van der Waals surface area contributed by atoms with Crippen LogP contribution in [0.1, 0.15) is 11.1 Å². The Balaban J connectivity index is 3.29. The minimum absolute atomic E-state index is 0.0408. The van der Waals surface area contributed by atoms with Crippen LogP contribution in [0.4, 0.5) is 26.3 Å². The van der Waals surface area contributed by atoms with Gasteiger partial charge in [0.15, 0.2) is 0 Å². The van der Waals surface area contributed by atoms with Crippen molar-refractivity contribution in [3.63, 3.8) is 0 Å². The quantitative estimate of drug-likeness (QED) is 0.684. The molecule has 1 rings (SSSR count). The number of hydrogen-bond donors (Lipinski definition) is 0. The molecule has 0 aliphatic rings. The molecule has 0 spiro atoms. The lowest BCUT2D eigenvalue weighted by molar-refractivity contribution is -0.274. The molecule has 0 fully saturated rings. The SMILES string of the molecule is Cc1cc(OC(F)(F)F)c(Cl)c(C(F)(F)F)c1. The fourth-order valence-electron chi connectivity index (χ4n) is 1.14. The summed E-state index contributed by atoms with van der Waals surface area (Å²) in [6.45, 7) is 1.20. The smallest absolute Gasteiger partial charge is 0.404 e. The molecule has 0 unspecified atom stereocenters. The van der Waals surface area contributed by atoms with Crippen LogP contribution in [-0.4, -0.2) is 6.36 Å². The van der Waals surface area contributed by atoms with Gasteiger partial charge >= 0.3 is 12.5 Å². The lowest BCUT2D eigenvalue weighted by Crippen LogP contribution is -2.18. The van der Waals surface area contributed by atoms with Gasteiger partial charge in [0, 0.05) is 0 Å². The second kappa shape index (κ2) is 4.29. The molecule has 0 N–H and O–H groups in total. The maximum Gasteiger partial charge on any atom is 0.573 e. The van der Waals surface area contributed by atoms with Gasteiger partial charge in [0.05, 0.1) is 10.6 Å². The van der Waals surface area contributed by atoms with Crippen molar-refractivity contribution in [1.29, 1.82) is 0 Å². The van der Waals surface area contributed by atoms with E-state index < -0.39 is 28.9 Å². The topological polar surface area (TPSA) is 9.23 Å². The standard InChI is InChI=1S/C9H5ClF6O/c1-4-2-5(8(11,12)13)7(10)6(3-4)17-9(14,15)16/h2-3H,1H3. The number of ether oxygens (including phenoxy) is 1. The van der Waals surface area contributed by atoms with E-state index in [9.17, 15) is 26.3 Å². The molecule has 0 bridgehead atoms. The third kappa shape index (κ3) is 3.69. The molecule has 0 heterocycles. The second-order valence-corrected chi connectivity index (χ2v) is 3.55. The van der Waals surface area contributed by atoms with Crippen molar-refractivity contribution in [2.24, 2.45) is 0 Å². The Morgan fingerprint density at radius 1 is 1.06 bits per heavy atom. The normalized spacial score (nSPS) is 12.7. The Bertz CT molecular complexity index is 423. The third-order valence-electron chi connectivity index (χ3n) is 1.71. The highest BCUT2D eigenvalue weighted by Crippen LogP contribution is 2.41. The van der Waals surface area contributed by atoms with Gasteiger partial charge in [0.2, 0.25) is 0 Å². The van der Waals surface area contributed by atoms with Crippen molar-refractivity contribution in [2.45, 2.75) is 19.5 Å². The van der Waals surface area contributed by atoms with Gasteiger partial charge in [-0.1, -0.05) is 11.6 Å². The Hall–Kier alpha value is -1.11. The minimum Gasteiger partial charge on any atom is -0.404 e. The van der Waals surface area contributed by atoms with Crippen LogP contribution in [0.2, 0.25) is 5.02 Å². The van der Waals surface area contributed by atoms with Gasteiger partial charge in [-0.25, -0.2) is 0 Å². The van der Waals surface area contributed by atoms with E-state index in [1.807, 2.05) is 0 Å². The molecule has 1 aromatic carbocycles. The molecule has 8 heteroatoms. The molecule has 0 aromatic heterocycles. The Morgan fingerprint density at radius 2 is 1.59 bits per heavy atom. The molecule has 0 amide bonds. The zero-order valence-electron chi connectivity index (χ0n) is 8.21. The molecule has 0 atom stereocenters. The van der Waals surface area contributed by atoms with Crippen molar-refractivity contribution in [1.82, 2.24) is 0 Å². The van der Waals surface area contributed by atoms with Gasteiger partial charge in [0.1, 0.15) is 5.75 Å². The maximum absolute atomic E-state index is 12.4. The summed E-state index contributed by atoms with van der Waals surface area (Å²) in [5.41, 5.74) is -1.40. The zero-order valence-corrected chi connectivity index (χ0v) is 8.96. The zero-order chi connectivity index (χ0) is 13.4. The molecule has 0 radical (unpaired) electrons. The Labute approximate surface area is 96.9 Å². The first-order chi connectivity index (χ1) is 7.50. The van der Waals surface area contributed by atoms with Crippen molar-refractivity contribution in [2.75, 3.05) is 0 Å². The lowest BCUT2D eigenvalue weighted by Gasteiger charge is -2.15. The molecule has 0 aliphatic heterocycles. The molecule has 0 aliphatic carbocycles. The van der Waals surface area contributed by atoms with Crippen LogP contribution in [0.3, 0.4) is 0 Å². The predicted octanol–water partition coefficient (Wildman–Crippen LogP) is 4.57. The molecule has 1 nitrogen and oxygen atoms in total. The van der Waals surface area contributed by atoms with Crippen LogP contribution in [0, 0.1) is 6.92 Å². The summed E-state index contributed by atoms with van der Waals surface area (Å²) >= 11 is 5.23. The van der Waals surface area contributed by atoms with E-state index in [1.54, 1.807) is 0 Å². The average Bonchev–Trinajstić information content (AvgIpc) is 2.06. The molecule has 1 aromatic rings. The fraction of sp³-hybridized carbons (Fsp3) is 0.333. The fourth-order valence-corrected chi connectivity index (χ4v) is 1.40. The summed E-state index contributed by atoms with van der Waals surface area (Å²) in [4.78, 5) is 0. The van der Waals surface area contributed by atoms with Crippen molar-refractivity contribution >= 4 is 11.6 Å². The van der Waals surface area contributed by atoms with E-state index in [0.717, 1.165) is 6.07 Å². The number of aryl methyl sites for hydroxylation is 1. The van der Waals surface area contributed by atoms with E-state index in [-0.39, 0.29) is 5.56 Å². The number of rotatable bonds is 1. The first-order valence-corrected chi connectivity index (χ1v) is 4.51. The van der Waals surface area contributed by atoms with E-state index in [0.29, 0.717) is 6.07 Å². The van der Waals surface area contributed by atoms with E-state index >= 15 is 0 Å². The number of alkyl halides is 6. The molecule has 0 saturated heterocycles. The molecule has 96 valence electrons. The Kier molecular flexibility index (Phi) is 3.52. The van der Waals surface area contributed by atoms with E-state index in [4.69, 9.17) is 11.6 Å². The summed E-state index contributed by atoms with van der Waals surface area (Å²) in [5.74, 6) is -1.06. The molecule has 17 heavy (non-hydrogen) atoms. The number of halogens is 7. The number of benzene rings is 1. The summed E-state index contributed by atoms with van der Waals surface area (Å²) < 4.78 is 76.4. The minimum atomic E-state index is -5.10. The number of hydrogen-bond acceptors (Lipinski definition) is 1. The summed E-state index contributed by atoms with van der Waals surface area (Å²) in [6, 6.07) is 1.43. The van der Waals surface area contributed by atoms with Crippen LogP contribution >= 0.6 is 11.6 Å². The summed E-state index contributed by atoms with van der Waals surface area (Å²) in [6.07, 6.45) is -9.94. The monoisotopic (exact) mass is 278 g/mol. The van der Waals surface area contributed by atoms with Crippen LogP contribution in [0.25, 0.3) is 0 Å². The van der Waals surface area contributed by atoms with Gasteiger partial charge in [-0.05, 0) is 24.6 Å². The van der Waals surface area contributed by atoms with Gasteiger partial charge in [-0.15, -0.1) is 13.2 Å². The first kappa shape index (κ1) is 14.0. The van der Waals surface area contributed by atoms with Gasteiger partial charge in [-0.2, -0.15) is 13.2 Å². The molecule has 0 saturated carbocycles. The maximum atomic E-state index is 12.4. The highest BCUT2D eigenvalue weighted by atomic mass is 35.5. The molecular weight excluding hydrogens is 274 g/mol. The van der Waals surface area contributed by atoms with Crippen LogP contribution in [0.15, 0.2) is 12.1 Å². The lowest BCUT2D eigenvalue weighted by atomic mass is 10.1. The van der Waals surface area contributed by atoms with Crippen LogP contribution in [0.5, 0.6) is 5.75 Å². The van der Waals surface area contributed by atoms with Gasteiger partial charge < -0.3 is 4.74 Å². The van der Waals surface area contributed by atoms with E-state index in [1.165, 1.54) is 6.92 Å². The van der Waals surface area contributed by atoms with Crippen molar-refractivity contribution < 1.29 is 31.1 Å². The van der Waals surface area contributed by atoms with Crippen molar-refractivity contribution in [3.8, 4) is 5.75 Å². The first-order valence-electron chi connectivity index (χ1n) is 4.14. The average molecular weight is 279 g/mol. The highest BCUT2D eigenvalue weighted by molar-refractivity contribution is 6.33. The second-order valence-electron chi connectivity index (χ2n) is 3.17. The summed E-state index contributed by atoms with van der Waals surface area (Å²) in [5, 5.41) is -1.11. The highest BCUT2D eigenvalue weighted by Gasteiger charge is 2.38. The van der Waals surface area contributed by atoms with Gasteiger partial charge in [0.25, 0.3) is 0 Å². The largest absolute Gasteiger partial charge is 0.573 e. The van der Waals surface area contributed by atoms with Crippen LogP contribution < -0.4 is 4.74 Å². The molecular formula is C9H5ClF6O. The summed E-state index contributed by atoms with van der Waals surface area (Å²) in [7, 11) is 0.